The molecule has 1 aromatic rings. The van der Waals surface area contributed by atoms with Crippen molar-refractivity contribution in [2.24, 2.45) is 0 Å². The first kappa shape index (κ1) is 16.0. The number of aliphatic hydroxyl groups is 1. The molecule has 2 unspecified atom stereocenters. The minimum Gasteiger partial charge on any atom is -0.495 e. The molecule has 0 spiro atoms. The van der Waals surface area contributed by atoms with Crippen LogP contribution in [-0.4, -0.2) is 56.8 Å². The number of methoxy groups -OCH3 is 1. The second-order valence-corrected chi connectivity index (χ2v) is 6.83. The lowest BCUT2D eigenvalue weighted by molar-refractivity contribution is -0.0516. The van der Waals surface area contributed by atoms with E-state index in [2.05, 4.69) is 0 Å². The molecule has 7 nitrogen and oxygen atoms in total. The predicted molar refractivity (Wildman–Crippen MR) is 77.6 cm³/mol. The smallest absolute Gasteiger partial charge is 0.247 e. The molecule has 0 bridgehead atoms. The van der Waals surface area contributed by atoms with Crippen LogP contribution in [0.15, 0.2) is 23.1 Å². The first-order valence-corrected chi connectivity index (χ1v) is 8.02. The third-order valence-electron chi connectivity index (χ3n) is 3.43. The summed E-state index contributed by atoms with van der Waals surface area (Å²) in [4.78, 5) is 0.0599. The second kappa shape index (κ2) is 6.18. The quantitative estimate of drug-likeness (QED) is 0.761. The normalized spacial score (nSPS) is 24.0. The number of morpholine rings is 1. The summed E-state index contributed by atoms with van der Waals surface area (Å²) in [5.74, 6) is 0.203. The standard InChI is InChI=1S/C13H20N2O5S/c1-9-8-20-11(7-16)6-15(9)21(17,18)13-4-3-10(14)5-12(13)19-2/h3-5,9,11,16H,6-8,14H2,1-2H3. The van der Waals surface area contributed by atoms with E-state index >= 15 is 0 Å². The summed E-state index contributed by atoms with van der Waals surface area (Å²) in [7, 11) is -2.36. The number of hydrogen-bond donors (Lipinski definition) is 2. The molecule has 3 N–H and O–H groups in total. The number of anilines is 1. The van der Waals surface area contributed by atoms with Crippen LogP contribution >= 0.6 is 0 Å². The van der Waals surface area contributed by atoms with Crippen LogP contribution in [0.4, 0.5) is 5.69 Å². The molecule has 1 saturated heterocycles. The lowest BCUT2D eigenvalue weighted by atomic mass is 10.2. The number of aliphatic hydroxyl groups excluding tert-OH is 1. The van der Waals surface area contributed by atoms with Crippen molar-refractivity contribution in [2.75, 3.05) is 32.6 Å². The zero-order valence-electron chi connectivity index (χ0n) is 12.0. The van der Waals surface area contributed by atoms with Crippen molar-refractivity contribution < 1.29 is 23.0 Å². The predicted octanol–water partition coefficient (Wildman–Crippen LogP) is 0.0477. The largest absolute Gasteiger partial charge is 0.495 e. The van der Waals surface area contributed by atoms with Gasteiger partial charge in [0, 0.05) is 24.3 Å². The summed E-state index contributed by atoms with van der Waals surface area (Å²) >= 11 is 0. The van der Waals surface area contributed by atoms with E-state index in [1.54, 1.807) is 6.92 Å². The summed E-state index contributed by atoms with van der Waals surface area (Å²) in [5.41, 5.74) is 6.08. The van der Waals surface area contributed by atoms with E-state index in [1.807, 2.05) is 0 Å². The fourth-order valence-electron chi connectivity index (χ4n) is 2.26. The molecule has 1 fully saturated rings. The molecule has 2 atom stereocenters. The SMILES string of the molecule is COc1cc(N)ccc1S(=O)(=O)N1CC(CO)OCC1C. The summed E-state index contributed by atoms with van der Waals surface area (Å²) in [6, 6.07) is 4.10. The van der Waals surface area contributed by atoms with Gasteiger partial charge in [0.05, 0.1) is 26.4 Å². The van der Waals surface area contributed by atoms with Gasteiger partial charge in [0.25, 0.3) is 0 Å². The van der Waals surface area contributed by atoms with Gasteiger partial charge in [0.2, 0.25) is 10.0 Å². The van der Waals surface area contributed by atoms with E-state index in [1.165, 1.54) is 29.6 Å². The van der Waals surface area contributed by atoms with Crippen molar-refractivity contribution in [3.05, 3.63) is 18.2 Å². The molecule has 21 heavy (non-hydrogen) atoms. The molecule has 0 aromatic heterocycles. The number of rotatable bonds is 4. The average molecular weight is 316 g/mol. The van der Waals surface area contributed by atoms with Crippen LogP contribution in [0, 0.1) is 0 Å². The van der Waals surface area contributed by atoms with Gasteiger partial charge in [-0.3, -0.25) is 0 Å². The van der Waals surface area contributed by atoms with Crippen molar-refractivity contribution in [1.29, 1.82) is 0 Å². The highest BCUT2D eigenvalue weighted by molar-refractivity contribution is 7.89. The van der Waals surface area contributed by atoms with Crippen molar-refractivity contribution >= 4 is 15.7 Å². The number of sulfonamides is 1. The monoisotopic (exact) mass is 316 g/mol. The summed E-state index contributed by atoms with van der Waals surface area (Å²) < 4.78 is 37.5. The third kappa shape index (κ3) is 3.13. The lowest BCUT2D eigenvalue weighted by Crippen LogP contribution is -2.51. The Bertz CT molecular complexity index is 605. The Kier molecular flexibility index (Phi) is 4.72. The molecular formula is C13H20N2O5S. The van der Waals surface area contributed by atoms with Crippen molar-refractivity contribution in [3.63, 3.8) is 0 Å². The molecular weight excluding hydrogens is 296 g/mol. The number of nitrogen functional groups attached to an aromatic ring is 1. The first-order valence-electron chi connectivity index (χ1n) is 6.58. The van der Waals surface area contributed by atoms with Gasteiger partial charge < -0.3 is 20.3 Å². The van der Waals surface area contributed by atoms with Crippen molar-refractivity contribution in [2.45, 2.75) is 24.0 Å². The van der Waals surface area contributed by atoms with Crippen molar-refractivity contribution in [1.82, 2.24) is 4.31 Å². The second-order valence-electron chi connectivity index (χ2n) is 4.97. The van der Waals surface area contributed by atoms with E-state index in [9.17, 15) is 13.5 Å². The topological polar surface area (TPSA) is 102 Å². The summed E-state index contributed by atoms with van der Waals surface area (Å²) in [6.45, 7) is 1.88. The minimum atomic E-state index is -3.75. The van der Waals surface area contributed by atoms with E-state index in [0.29, 0.717) is 5.69 Å². The van der Waals surface area contributed by atoms with Gasteiger partial charge in [-0.05, 0) is 19.1 Å². The van der Waals surface area contributed by atoms with E-state index in [0.717, 1.165) is 0 Å². The van der Waals surface area contributed by atoms with Gasteiger partial charge >= 0.3 is 0 Å². The number of ether oxygens (including phenoxy) is 2. The molecule has 0 saturated carbocycles. The van der Waals surface area contributed by atoms with Gasteiger partial charge in [-0.25, -0.2) is 8.42 Å². The van der Waals surface area contributed by atoms with Gasteiger partial charge in [-0.15, -0.1) is 0 Å². The highest BCUT2D eigenvalue weighted by Crippen LogP contribution is 2.31. The number of benzene rings is 1. The Morgan fingerprint density at radius 2 is 2.24 bits per heavy atom. The Hall–Kier alpha value is -1.35. The van der Waals surface area contributed by atoms with Gasteiger partial charge in [-0.2, -0.15) is 4.31 Å². The van der Waals surface area contributed by atoms with Crippen LogP contribution in [0.5, 0.6) is 5.75 Å². The molecule has 0 aliphatic carbocycles. The van der Waals surface area contributed by atoms with Crippen LogP contribution in [0.3, 0.4) is 0 Å². The molecule has 1 aliphatic heterocycles. The molecule has 0 radical (unpaired) electrons. The Balaban J connectivity index is 2.41. The lowest BCUT2D eigenvalue weighted by Gasteiger charge is -2.36. The molecule has 1 aliphatic rings. The van der Waals surface area contributed by atoms with Crippen LogP contribution in [-0.2, 0) is 14.8 Å². The zero-order chi connectivity index (χ0) is 15.6. The molecule has 1 aromatic carbocycles. The van der Waals surface area contributed by atoms with Gasteiger partial charge in [-0.1, -0.05) is 0 Å². The number of nitrogens with two attached hydrogens (primary N) is 1. The fourth-order valence-corrected chi connectivity index (χ4v) is 4.05. The van der Waals surface area contributed by atoms with E-state index in [-0.39, 0.29) is 36.4 Å². The molecule has 0 amide bonds. The third-order valence-corrected chi connectivity index (χ3v) is 5.45. The first-order chi connectivity index (χ1) is 9.90. The van der Waals surface area contributed by atoms with Crippen LogP contribution in [0.25, 0.3) is 0 Å². The van der Waals surface area contributed by atoms with Gasteiger partial charge in [0.15, 0.2) is 0 Å². The molecule has 8 heteroatoms. The van der Waals surface area contributed by atoms with Crippen LogP contribution in [0.2, 0.25) is 0 Å². The minimum absolute atomic E-state index is 0.0599. The highest BCUT2D eigenvalue weighted by Gasteiger charge is 2.36. The van der Waals surface area contributed by atoms with Gasteiger partial charge in [0.1, 0.15) is 10.6 Å². The van der Waals surface area contributed by atoms with Crippen LogP contribution < -0.4 is 10.5 Å². The van der Waals surface area contributed by atoms with Crippen molar-refractivity contribution in [3.8, 4) is 5.75 Å². The molecule has 2 rings (SSSR count). The number of hydrogen-bond acceptors (Lipinski definition) is 6. The number of nitrogens with zero attached hydrogens (tertiary/aromatic N) is 1. The Labute approximate surface area is 124 Å². The maximum atomic E-state index is 12.8. The zero-order valence-corrected chi connectivity index (χ0v) is 12.8. The maximum absolute atomic E-state index is 12.8. The molecule has 1 heterocycles. The van der Waals surface area contributed by atoms with E-state index < -0.39 is 16.1 Å². The molecule has 118 valence electrons. The highest BCUT2D eigenvalue weighted by atomic mass is 32.2. The van der Waals surface area contributed by atoms with Crippen LogP contribution in [0.1, 0.15) is 6.92 Å². The summed E-state index contributed by atoms with van der Waals surface area (Å²) in [5, 5.41) is 9.18. The Morgan fingerprint density at radius 1 is 1.52 bits per heavy atom. The fraction of sp³-hybridized carbons (Fsp3) is 0.538. The average Bonchev–Trinajstić information content (AvgIpc) is 2.47. The summed E-state index contributed by atoms with van der Waals surface area (Å²) in [6.07, 6.45) is -0.518. The Morgan fingerprint density at radius 3 is 2.86 bits per heavy atom. The maximum Gasteiger partial charge on any atom is 0.247 e. The van der Waals surface area contributed by atoms with E-state index in [4.69, 9.17) is 15.2 Å².